The van der Waals surface area contributed by atoms with Crippen molar-refractivity contribution in [2.75, 3.05) is 7.11 Å². The van der Waals surface area contributed by atoms with Crippen molar-refractivity contribution >= 4 is 23.4 Å². The number of methoxy groups -OCH3 is 1. The molecule has 4 aromatic rings. The molecule has 0 spiro atoms. The largest absolute Gasteiger partial charge is 0.466 e. The molecule has 1 atom stereocenters. The van der Waals surface area contributed by atoms with Gasteiger partial charge in [-0.3, -0.25) is 9.36 Å². The number of carbonyl (C=O) groups is 1. The zero-order valence-corrected chi connectivity index (χ0v) is 23.3. The van der Waals surface area contributed by atoms with Gasteiger partial charge in [0.25, 0.3) is 5.56 Å². The van der Waals surface area contributed by atoms with Crippen LogP contribution >= 0.6 is 11.3 Å². The Morgan fingerprint density at radius 1 is 1.05 bits per heavy atom. The number of ether oxygens (including phenoxy) is 1. The van der Waals surface area contributed by atoms with Gasteiger partial charge in [-0.1, -0.05) is 54.7 Å². The lowest BCUT2D eigenvalue weighted by Gasteiger charge is -2.25. The Bertz CT molecular complexity index is 1750. The molecule has 38 heavy (non-hydrogen) atoms. The SMILES string of the molecule is CCC1=C(C(=O)OC)[C@H](c2ccccc2)n2c(s/c(=C\c3cc(C)n(-c4cc(C)cc(C)c4)c3C)c2=O)=N1. The highest BCUT2D eigenvalue weighted by atomic mass is 32.1. The van der Waals surface area contributed by atoms with Gasteiger partial charge in [0.1, 0.15) is 0 Å². The van der Waals surface area contributed by atoms with Crippen LogP contribution in [0.3, 0.4) is 0 Å². The van der Waals surface area contributed by atoms with Gasteiger partial charge in [-0.05, 0) is 80.6 Å². The molecule has 0 unspecified atom stereocenters. The number of fused-ring (bicyclic) bond motifs is 1. The molecule has 0 saturated heterocycles. The van der Waals surface area contributed by atoms with Crippen molar-refractivity contribution in [1.82, 2.24) is 9.13 Å². The first-order valence-corrected chi connectivity index (χ1v) is 13.5. The fourth-order valence-corrected chi connectivity index (χ4v) is 6.38. The van der Waals surface area contributed by atoms with Crippen molar-refractivity contribution in [2.45, 2.75) is 47.1 Å². The van der Waals surface area contributed by atoms with E-state index in [4.69, 9.17) is 9.73 Å². The van der Waals surface area contributed by atoms with Gasteiger partial charge in [0.2, 0.25) is 0 Å². The number of hydrogen-bond acceptors (Lipinski definition) is 5. The van der Waals surface area contributed by atoms with Gasteiger partial charge >= 0.3 is 5.97 Å². The van der Waals surface area contributed by atoms with E-state index in [0.717, 1.165) is 28.2 Å². The van der Waals surface area contributed by atoms with Crippen molar-refractivity contribution in [3.63, 3.8) is 0 Å². The molecule has 0 bridgehead atoms. The van der Waals surface area contributed by atoms with Crippen LogP contribution < -0.4 is 14.9 Å². The average molecular weight is 526 g/mol. The van der Waals surface area contributed by atoms with Crippen LogP contribution in [0.5, 0.6) is 0 Å². The maximum Gasteiger partial charge on any atom is 0.338 e. The van der Waals surface area contributed by atoms with E-state index in [1.54, 1.807) is 4.57 Å². The molecule has 0 saturated carbocycles. The van der Waals surface area contributed by atoms with E-state index in [0.29, 0.717) is 27.0 Å². The quantitative estimate of drug-likeness (QED) is 0.351. The molecule has 0 radical (unpaired) electrons. The van der Waals surface area contributed by atoms with Crippen molar-refractivity contribution in [1.29, 1.82) is 0 Å². The second kappa shape index (κ2) is 10.1. The first kappa shape index (κ1) is 25.7. The van der Waals surface area contributed by atoms with Crippen molar-refractivity contribution < 1.29 is 9.53 Å². The Morgan fingerprint density at radius 3 is 2.37 bits per heavy atom. The summed E-state index contributed by atoms with van der Waals surface area (Å²) in [6.45, 7) is 10.3. The zero-order chi connectivity index (χ0) is 27.1. The molecule has 1 aliphatic rings. The van der Waals surface area contributed by atoms with Crippen LogP contribution in [0.2, 0.25) is 0 Å². The molecular formula is C31H31N3O3S. The lowest BCUT2D eigenvalue weighted by molar-refractivity contribution is -0.136. The molecule has 0 aliphatic carbocycles. The topological polar surface area (TPSA) is 65.6 Å². The number of aromatic nitrogens is 2. The summed E-state index contributed by atoms with van der Waals surface area (Å²) in [6.07, 6.45) is 2.50. The highest BCUT2D eigenvalue weighted by molar-refractivity contribution is 7.07. The molecule has 0 fully saturated rings. The molecule has 2 aromatic heterocycles. The molecule has 5 rings (SSSR count). The molecule has 7 heteroatoms. The standard InChI is InChI=1S/C31H31N3O3S/c1-7-25-27(30(36)37-6)28(22-11-9-8-10-12-22)34-29(35)26(38-31(34)32-25)17-23-16-20(4)33(21(23)5)24-14-18(2)13-19(3)15-24/h8-17,28H,7H2,1-6H3/b26-17-/t28-/m0/s1. The molecular weight excluding hydrogens is 494 g/mol. The Labute approximate surface area is 225 Å². The number of aryl methyl sites for hydroxylation is 3. The van der Waals surface area contributed by atoms with E-state index < -0.39 is 12.0 Å². The monoisotopic (exact) mass is 525 g/mol. The van der Waals surface area contributed by atoms with Crippen molar-refractivity contribution in [3.8, 4) is 5.69 Å². The third kappa shape index (κ3) is 4.37. The summed E-state index contributed by atoms with van der Waals surface area (Å²) in [5, 5.41) is 0. The number of hydrogen-bond donors (Lipinski definition) is 0. The van der Waals surface area contributed by atoms with Gasteiger partial charge in [0.05, 0.1) is 29.0 Å². The summed E-state index contributed by atoms with van der Waals surface area (Å²) in [6, 6.07) is 17.6. The first-order chi connectivity index (χ1) is 18.2. The highest BCUT2D eigenvalue weighted by Crippen LogP contribution is 2.31. The Kier molecular flexibility index (Phi) is 6.80. The van der Waals surface area contributed by atoms with Crippen LogP contribution in [0.25, 0.3) is 11.8 Å². The van der Waals surface area contributed by atoms with Gasteiger partial charge in [0, 0.05) is 17.1 Å². The minimum absolute atomic E-state index is 0.171. The summed E-state index contributed by atoms with van der Waals surface area (Å²) in [5.41, 5.74) is 8.37. The average Bonchev–Trinajstić information content (AvgIpc) is 3.36. The van der Waals surface area contributed by atoms with Crippen LogP contribution in [-0.4, -0.2) is 22.2 Å². The van der Waals surface area contributed by atoms with Gasteiger partial charge in [-0.2, -0.15) is 0 Å². The molecule has 194 valence electrons. The maximum atomic E-state index is 13.9. The molecule has 2 aromatic carbocycles. The van der Waals surface area contributed by atoms with Crippen LogP contribution in [0.4, 0.5) is 0 Å². The molecule has 0 amide bonds. The van der Waals surface area contributed by atoms with Gasteiger partial charge < -0.3 is 9.30 Å². The second-order valence-corrected chi connectivity index (χ2v) is 10.7. The van der Waals surface area contributed by atoms with E-state index in [1.165, 1.54) is 29.6 Å². The van der Waals surface area contributed by atoms with Crippen molar-refractivity contribution in [2.24, 2.45) is 4.99 Å². The second-order valence-electron chi connectivity index (χ2n) is 9.71. The minimum Gasteiger partial charge on any atom is -0.466 e. The normalized spacial score (nSPS) is 15.4. The van der Waals surface area contributed by atoms with Gasteiger partial charge in [0.15, 0.2) is 4.80 Å². The summed E-state index contributed by atoms with van der Waals surface area (Å²) in [5.74, 6) is -0.467. The number of benzene rings is 2. The number of rotatable bonds is 5. The Hall–Kier alpha value is -3.97. The van der Waals surface area contributed by atoms with Gasteiger partial charge in [-0.15, -0.1) is 0 Å². The fourth-order valence-electron chi connectivity index (χ4n) is 5.37. The number of allylic oxidation sites excluding steroid dienone is 1. The summed E-state index contributed by atoms with van der Waals surface area (Å²) in [7, 11) is 1.36. The van der Waals surface area contributed by atoms with E-state index in [-0.39, 0.29) is 5.56 Å². The Morgan fingerprint density at radius 2 is 1.74 bits per heavy atom. The summed E-state index contributed by atoms with van der Waals surface area (Å²) < 4.78 is 9.58. The van der Waals surface area contributed by atoms with Crippen LogP contribution in [0, 0.1) is 27.7 Å². The molecule has 1 aliphatic heterocycles. The van der Waals surface area contributed by atoms with E-state index >= 15 is 0 Å². The van der Waals surface area contributed by atoms with E-state index in [9.17, 15) is 9.59 Å². The third-order valence-corrected chi connectivity index (χ3v) is 7.97. The molecule has 6 nitrogen and oxygen atoms in total. The summed E-state index contributed by atoms with van der Waals surface area (Å²) in [4.78, 5) is 32.2. The molecule has 0 N–H and O–H groups in total. The third-order valence-electron chi connectivity index (χ3n) is 6.99. The first-order valence-electron chi connectivity index (χ1n) is 12.7. The van der Waals surface area contributed by atoms with Crippen LogP contribution in [0.15, 0.2) is 75.7 Å². The highest BCUT2D eigenvalue weighted by Gasteiger charge is 2.33. The predicted molar refractivity (Wildman–Crippen MR) is 152 cm³/mol. The van der Waals surface area contributed by atoms with E-state index in [2.05, 4.69) is 56.5 Å². The Balaban J connectivity index is 1.72. The van der Waals surface area contributed by atoms with E-state index in [1.807, 2.05) is 43.3 Å². The fraction of sp³-hybridized carbons (Fsp3) is 0.258. The number of thiazole rings is 1. The van der Waals surface area contributed by atoms with Crippen molar-refractivity contribution in [3.05, 3.63) is 119 Å². The lowest BCUT2D eigenvalue weighted by atomic mass is 9.95. The number of carbonyl (C=O) groups excluding carboxylic acids is 1. The lowest BCUT2D eigenvalue weighted by Crippen LogP contribution is -2.40. The number of esters is 1. The minimum atomic E-state index is -0.597. The van der Waals surface area contributed by atoms with Gasteiger partial charge in [-0.25, -0.2) is 9.79 Å². The number of nitrogens with zero attached hydrogens (tertiary/aromatic N) is 3. The summed E-state index contributed by atoms with van der Waals surface area (Å²) >= 11 is 1.35. The molecule has 3 heterocycles. The smallest absolute Gasteiger partial charge is 0.338 e. The predicted octanol–water partition coefficient (Wildman–Crippen LogP) is 4.82. The van der Waals surface area contributed by atoms with Crippen LogP contribution in [0.1, 0.15) is 53.0 Å². The zero-order valence-electron chi connectivity index (χ0n) is 22.5. The van der Waals surface area contributed by atoms with Crippen LogP contribution in [-0.2, 0) is 9.53 Å². The maximum absolute atomic E-state index is 13.9.